The summed E-state index contributed by atoms with van der Waals surface area (Å²) in [6.45, 7) is 18.3. The van der Waals surface area contributed by atoms with Crippen molar-refractivity contribution in [2.45, 2.75) is 95.9 Å². The van der Waals surface area contributed by atoms with E-state index in [-0.39, 0.29) is 28.4 Å². The highest BCUT2D eigenvalue weighted by molar-refractivity contribution is 6.74. The zero-order valence-electron chi connectivity index (χ0n) is 15.4. The van der Waals surface area contributed by atoms with E-state index < -0.39 is 8.32 Å². The van der Waals surface area contributed by atoms with Gasteiger partial charge in [0.25, 0.3) is 0 Å². The highest BCUT2D eigenvalue weighted by Crippen LogP contribution is 2.57. The molecule has 2 bridgehead atoms. The van der Waals surface area contributed by atoms with Crippen LogP contribution in [0.1, 0.15) is 54.4 Å². The maximum absolute atomic E-state index is 6.73. The zero-order chi connectivity index (χ0) is 16.3. The molecule has 4 atom stereocenters. The molecule has 2 heterocycles. The lowest BCUT2D eigenvalue weighted by Crippen LogP contribution is -2.53. The van der Waals surface area contributed by atoms with Gasteiger partial charge in [0.2, 0.25) is 0 Å². The quantitative estimate of drug-likeness (QED) is 0.721. The summed E-state index contributed by atoms with van der Waals surface area (Å²) in [6, 6.07) is 0. The zero-order valence-corrected chi connectivity index (χ0v) is 16.4. The molecule has 0 aromatic heterocycles. The lowest BCUT2D eigenvalue weighted by molar-refractivity contribution is -0.109. The van der Waals surface area contributed by atoms with Crippen molar-refractivity contribution in [3.05, 3.63) is 0 Å². The molecule has 0 aliphatic carbocycles. The van der Waals surface area contributed by atoms with Gasteiger partial charge in [-0.15, -0.1) is 0 Å². The minimum Gasteiger partial charge on any atom is -0.411 e. The summed E-state index contributed by atoms with van der Waals surface area (Å²) < 4.78 is 19.0. The molecule has 0 radical (unpaired) electrons. The van der Waals surface area contributed by atoms with Crippen molar-refractivity contribution in [1.82, 2.24) is 0 Å². The fourth-order valence-electron chi connectivity index (χ4n) is 3.67. The molecule has 2 aliphatic rings. The average Bonchev–Trinajstić information content (AvgIpc) is 2.76. The highest BCUT2D eigenvalue weighted by atomic mass is 28.4. The van der Waals surface area contributed by atoms with Gasteiger partial charge in [-0.3, -0.25) is 0 Å². The smallest absolute Gasteiger partial charge is 0.192 e. The van der Waals surface area contributed by atoms with E-state index in [1.54, 1.807) is 0 Å². The van der Waals surface area contributed by atoms with Crippen molar-refractivity contribution in [3.63, 3.8) is 0 Å². The number of ether oxygens (including phenoxy) is 2. The SMILES string of the molecule is CO[C@H]1C[C@]2(C)O[C@@]1(C(C)C)C[C@H]2O[Si](C)(C)C(C)(C)C. The van der Waals surface area contributed by atoms with E-state index in [0.717, 1.165) is 12.8 Å². The van der Waals surface area contributed by atoms with Crippen LogP contribution in [0.2, 0.25) is 18.1 Å². The Labute approximate surface area is 131 Å². The predicted molar refractivity (Wildman–Crippen MR) is 89.2 cm³/mol. The van der Waals surface area contributed by atoms with E-state index in [2.05, 4.69) is 54.6 Å². The molecule has 0 amide bonds. The number of fused-ring (bicyclic) bond motifs is 2. The predicted octanol–water partition coefficient (Wildman–Crippen LogP) is 4.37. The minimum absolute atomic E-state index is 0.170. The van der Waals surface area contributed by atoms with Crippen LogP contribution >= 0.6 is 0 Å². The summed E-state index contributed by atoms with van der Waals surface area (Å²) in [6.07, 6.45) is 2.31. The van der Waals surface area contributed by atoms with Crippen LogP contribution in [0.15, 0.2) is 0 Å². The van der Waals surface area contributed by atoms with Crippen LogP contribution in [0.5, 0.6) is 0 Å². The van der Waals surface area contributed by atoms with Crippen molar-refractivity contribution in [3.8, 4) is 0 Å². The summed E-state index contributed by atoms with van der Waals surface area (Å²) in [7, 11) is 0.0363. The molecule has 2 aliphatic heterocycles. The standard InChI is InChI=1S/C17H34O3Si/c1-12(2)17-11-13(19-21(8,9)15(3,4)5)16(6,20-17)10-14(17)18-7/h12-14H,10-11H2,1-9H3/t13-,14+,16+,17-/m1/s1. The lowest BCUT2D eigenvalue weighted by Gasteiger charge is -2.44. The van der Waals surface area contributed by atoms with Crippen molar-refractivity contribution < 1.29 is 13.9 Å². The number of rotatable bonds is 4. The van der Waals surface area contributed by atoms with Gasteiger partial charge < -0.3 is 13.9 Å². The molecule has 0 unspecified atom stereocenters. The Morgan fingerprint density at radius 2 is 1.71 bits per heavy atom. The van der Waals surface area contributed by atoms with Gasteiger partial charge in [0.05, 0.1) is 23.4 Å². The molecule has 0 spiro atoms. The van der Waals surface area contributed by atoms with Gasteiger partial charge in [0, 0.05) is 20.0 Å². The third kappa shape index (κ3) is 2.62. The maximum atomic E-state index is 6.73. The lowest BCUT2D eigenvalue weighted by atomic mass is 9.73. The molecule has 21 heavy (non-hydrogen) atoms. The molecule has 0 N–H and O–H groups in total. The van der Waals surface area contributed by atoms with Gasteiger partial charge in [-0.2, -0.15) is 0 Å². The highest BCUT2D eigenvalue weighted by Gasteiger charge is 2.67. The topological polar surface area (TPSA) is 27.7 Å². The summed E-state index contributed by atoms with van der Waals surface area (Å²) in [5, 5.41) is 0.233. The largest absolute Gasteiger partial charge is 0.411 e. The first-order valence-corrected chi connectivity index (χ1v) is 11.2. The third-order valence-electron chi connectivity index (χ3n) is 6.25. The van der Waals surface area contributed by atoms with Crippen LogP contribution in [0, 0.1) is 5.92 Å². The molecule has 2 fully saturated rings. The summed E-state index contributed by atoms with van der Waals surface area (Å²) in [5.74, 6) is 0.442. The van der Waals surface area contributed by atoms with Gasteiger partial charge >= 0.3 is 0 Å². The van der Waals surface area contributed by atoms with E-state index in [1.807, 2.05) is 7.11 Å². The molecule has 2 rings (SSSR count). The maximum Gasteiger partial charge on any atom is 0.192 e. The van der Waals surface area contributed by atoms with Crippen LogP contribution in [-0.4, -0.2) is 38.8 Å². The number of hydrogen-bond donors (Lipinski definition) is 0. The van der Waals surface area contributed by atoms with E-state index in [0.29, 0.717) is 5.92 Å². The fraction of sp³-hybridized carbons (Fsp3) is 1.00. The summed E-state index contributed by atoms with van der Waals surface area (Å²) in [4.78, 5) is 0. The Balaban J connectivity index is 2.24. The van der Waals surface area contributed by atoms with Crippen molar-refractivity contribution in [2.75, 3.05) is 7.11 Å². The first kappa shape index (κ1) is 17.5. The Bertz CT molecular complexity index is 401. The number of hydrogen-bond acceptors (Lipinski definition) is 3. The second-order valence-corrected chi connectivity index (χ2v) is 13.8. The van der Waals surface area contributed by atoms with Crippen LogP contribution in [0.25, 0.3) is 0 Å². The molecule has 124 valence electrons. The number of methoxy groups -OCH3 is 1. The van der Waals surface area contributed by atoms with Gasteiger partial charge in [0.1, 0.15) is 0 Å². The average molecular weight is 315 g/mol. The van der Waals surface area contributed by atoms with Crippen LogP contribution in [0.3, 0.4) is 0 Å². The molecule has 0 aromatic carbocycles. The Hall–Kier alpha value is 0.0969. The molecular weight excluding hydrogens is 280 g/mol. The van der Waals surface area contributed by atoms with Gasteiger partial charge in [-0.05, 0) is 31.0 Å². The monoisotopic (exact) mass is 314 g/mol. The molecule has 3 nitrogen and oxygen atoms in total. The molecule has 0 aromatic rings. The first-order chi connectivity index (χ1) is 9.38. The molecular formula is C17H34O3Si. The van der Waals surface area contributed by atoms with Crippen molar-refractivity contribution in [2.24, 2.45) is 5.92 Å². The Kier molecular flexibility index (Phi) is 4.20. The minimum atomic E-state index is -1.78. The van der Waals surface area contributed by atoms with Gasteiger partial charge in [0.15, 0.2) is 8.32 Å². The van der Waals surface area contributed by atoms with Crippen LogP contribution in [-0.2, 0) is 13.9 Å². The van der Waals surface area contributed by atoms with Crippen LogP contribution < -0.4 is 0 Å². The fourth-order valence-corrected chi connectivity index (χ4v) is 5.06. The van der Waals surface area contributed by atoms with E-state index in [9.17, 15) is 0 Å². The first-order valence-electron chi connectivity index (χ1n) is 8.29. The molecule has 0 saturated carbocycles. The van der Waals surface area contributed by atoms with Gasteiger partial charge in [-0.25, -0.2) is 0 Å². The summed E-state index contributed by atoms with van der Waals surface area (Å²) >= 11 is 0. The third-order valence-corrected chi connectivity index (χ3v) is 10.7. The second-order valence-electron chi connectivity index (χ2n) is 9.02. The van der Waals surface area contributed by atoms with E-state index >= 15 is 0 Å². The molecule has 2 saturated heterocycles. The second kappa shape index (κ2) is 5.05. The van der Waals surface area contributed by atoms with E-state index in [4.69, 9.17) is 13.9 Å². The van der Waals surface area contributed by atoms with Crippen LogP contribution in [0.4, 0.5) is 0 Å². The summed E-state index contributed by atoms with van der Waals surface area (Å²) in [5.41, 5.74) is -0.364. The van der Waals surface area contributed by atoms with E-state index in [1.165, 1.54) is 0 Å². The Morgan fingerprint density at radius 3 is 2.14 bits per heavy atom. The normalized spacial score (nSPS) is 40.3. The Morgan fingerprint density at radius 1 is 1.14 bits per heavy atom. The van der Waals surface area contributed by atoms with Crippen molar-refractivity contribution >= 4 is 8.32 Å². The van der Waals surface area contributed by atoms with Crippen molar-refractivity contribution in [1.29, 1.82) is 0 Å². The van der Waals surface area contributed by atoms with Gasteiger partial charge in [-0.1, -0.05) is 34.6 Å². The molecule has 4 heteroatoms.